The summed E-state index contributed by atoms with van der Waals surface area (Å²) in [6.07, 6.45) is 1.91. The molecule has 0 fully saturated rings. The highest BCUT2D eigenvalue weighted by atomic mass is 32.1. The fourth-order valence-corrected chi connectivity index (χ4v) is 3.90. The highest BCUT2D eigenvalue weighted by Crippen LogP contribution is 2.13. The number of thiol groups is 1. The number of hydrogen-bond donors (Lipinski definition) is 3. The number of carbonyl (C=O) groups is 2. The van der Waals surface area contributed by atoms with E-state index in [1.54, 1.807) is 0 Å². The van der Waals surface area contributed by atoms with E-state index in [-0.39, 0.29) is 17.7 Å². The topological polar surface area (TPSA) is 58.2 Å². The Morgan fingerprint density at radius 1 is 0.719 bits per heavy atom. The van der Waals surface area contributed by atoms with Gasteiger partial charge >= 0.3 is 0 Å². The van der Waals surface area contributed by atoms with Gasteiger partial charge in [0.1, 0.15) is 6.04 Å². The van der Waals surface area contributed by atoms with Crippen LogP contribution in [0.25, 0.3) is 0 Å². The summed E-state index contributed by atoms with van der Waals surface area (Å²) in [7, 11) is 0. The van der Waals surface area contributed by atoms with Crippen molar-refractivity contribution < 1.29 is 9.59 Å². The fraction of sp³-hybridized carbons (Fsp3) is 0.259. The van der Waals surface area contributed by atoms with Crippen LogP contribution in [0, 0.1) is 5.92 Å². The van der Waals surface area contributed by atoms with Gasteiger partial charge in [-0.2, -0.15) is 12.6 Å². The molecule has 0 aliphatic rings. The van der Waals surface area contributed by atoms with E-state index in [0.29, 0.717) is 25.1 Å². The van der Waals surface area contributed by atoms with Crippen molar-refractivity contribution >= 4 is 24.4 Å². The van der Waals surface area contributed by atoms with Gasteiger partial charge in [0.05, 0.1) is 0 Å². The first kappa shape index (κ1) is 23.6. The van der Waals surface area contributed by atoms with E-state index in [1.165, 1.54) is 5.56 Å². The second-order valence-electron chi connectivity index (χ2n) is 7.86. The van der Waals surface area contributed by atoms with E-state index in [9.17, 15) is 9.59 Å². The number of hydrogen-bond acceptors (Lipinski definition) is 3. The zero-order valence-electron chi connectivity index (χ0n) is 18.1. The fourth-order valence-electron chi connectivity index (χ4n) is 3.55. The lowest BCUT2D eigenvalue weighted by Gasteiger charge is -2.22. The average Bonchev–Trinajstić information content (AvgIpc) is 2.84. The Morgan fingerprint density at radius 2 is 1.25 bits per heavy atom. The molecule has 3 rings (SSSR count). The van der Waals surface area contributed by atoms with Gasteiger partial charge in [-0.1, -0.05) is 91.0 Å². The van der Waals surface area contributed by atoms with E-state index in [0.717, 1.165) is 17.5 Å². The molecule has 2 N–H and O–H groups in total. The van der Waals surface area contributed by atoms with Crippen LogP contribution in [0.2, 0.25) is 0 Å². The molecular weight excluding hydrogens is 416 g/mol. The Balaban J connectivity index is 1.64. The maximum atomic E-state index is 13.0. The lowest BCUT2D eigenvalue weighted by atomic mass is 9.98. The molecule has 3 aromatic carbocycles. The monoisotopic (exact) mass is 446 g/mol. The van der Waals surface area contributed by atoms with Crippen molar-refractivity contribution in [3.63, 3.8) is 0 Å². The van der Waals surface area contributed by atoms with Crippen LogP contribution in [0.1, 0.15) is 23.1 Å². The third-order valence-corrected chi connectivity index (χ3v) is 5.88. The highest BCUT2D eigenvalue weighted by Gasteiger charge is 2.25. The zero-order valence-corrected chi connectivity index (χ0v) is 19.0. The third-order valence-electron chi connectivity index (χ3n) is 5.44. The molecule has 0 aromatic heterocycles. The molecule has 5 heteroatoms. The van der Waals surface area contributed by atoms with Gasteiger partial charge in [-0.3, -0.25) is 9.59 Å². The van der Waals surface area contributed by atoms with Crippen molar-refractivity contribution in [1.82, 2.24) is 10.6 Å². The summed E-state index contributed by atoms with van der Waals surface area (Å²) in [4.78, 5) is 26.0. The Bertz CT molecular complexity index is 965. The van der Waals surface area contributed by atoms with Gasteiger partial charge in [0.25, 0.3) is 0 Å². The van der Waals surface area contributed by atoms with E-state index in [2.05, 4.69) is 35.4 Å². The second kappa shape index (κ2) is 12.7. The van der Waals surface area contributed by atoms with Crippen LogP contribution in [0.4, 0.5) is 0 Å². The molecule has 0 aliphatic carbocycles. The van der Waals surface area contributed by atoms with E-state index >= 15 is 0 Å². The Labute approximate surface area is 195 Å². The molecule has 0 heterocycles. The van der Waals surface area contributed by atoms with Crippen LogP contribution in [0.5, 0.6) is 0 Å². The summed E-state index contributed by atoms with van der Waals surface area (Å²) in [5, 5.41) is 5.96. The first-order valence-corrected chi connectivity index (χ1v) is 11.6. The Kier molecular flexibility index (Phi) is 9.38. The second-order valence-corrected chi connectivity index (χ2v) is 8.22. The number of benzene rings is 3. The maximum absolute atomic E-state index is 13.0. The van der Waals surface area contributed by atoms with Gasteiger partial charge in [-0.05, 0) is 29.5 Å². The molecule has 0 spiro atoms. The van der Waals surface area contributed by atoms with Crippen molar-refractivity contribution in [1.29, 1.82) is 0 Å². The largest absolute Gasteiger partial charge is 0.350 e. The lowest BCUT2D eigenvalue weighted by Crippen LogP contribution is -2.49. The van der Waals surface area contributed by atoms with Crippen LogP contribution in [0.15, 0.2) is 91.0 Å². The number of nitrogens with one attached hydrogen (secondary N) is 2. The van der Waals surface area contributed by atoms with Crippen molar-refractivity contribution in [2.24, 2.45) is 5.92 Å². The molecule has 0 saturated carbocycles. The molecular formula is C27H30N2O2S. The summed E-state index contributed by atoms with van der Waals surface area (Å²) < 4.78 is 0. The Morgan fingerprint density at radius 3 is 1.81 bits per heavy atom. The van der Waals surface area contributed by atoms with E-state index in [1.807, 2.05) is 78.9 Å². The molecule has 32 heavy (non-hydrogen) atoms. The number of aryl methyl sites for hydroxylation is 1. The maximum Gasteiger partial charge on any atom is 0.243 e. The zero-order chi connectivity index (χ0) is 22.6. The van der Waals surface area contributed by atoms with Gasteiger partial charge in [-0.25, -0.2) is 0 Å². The number of carbonyl (C=O) groups excluding carboxylic acids is 2. The van der Waals surface area contributed by atoms with Crippen molar-refractivity contribution in [2.75, 3.05) is 5.75 Å². The summed E-state index contributed by atoms with van der Waals surface area (Å²) >= 11 is 4.40. The van der Waals surface area contributed by atoms with E-state index in [4.69, 9.17) is 0 Å². The standard InChI is InChI=1S/C27H30N2O2S/c30-26(24(20-32)17-16-21-10-4-1-5-11-21)29-25(18-22-12-6-2-7-13-22)27(31)28-19-23-14-8-3-9-15-23/h1-15,24-25,32H,16-20H2,(H,28,31)(H,29,30)/t24?,25-/m0/s1. The van der Waals surface area contributed by atoms with Crippen LogP contribution >= 0.6 is 12.6 Å². The minimum atomic E-state index is -0.646. The first-order chi connectivity index (χ1) is 15.7. The van der Waals surface area contributed by atoms with Crippen molar-refractivity contribution in [2.45, 2.75) is 31.8 Å². The summed E-state index contributed by atoms with van der Waals surface area (Å²) in [5.74, 6) is -0.153. The van der Waals surface area contributed by atoms with Gasteiger partial charge in [0, 0.05) is 24.6 Å². The smallest absolute Gasteiger partial charge is 0.243 e. The number of rotatable bonds is 11. The van der Waals surface area contributed by atoms with Crippen molar-refractivity contribution in [3.05, 3.63) is 108 Å². The quantitative estimate of drug-likeness (QED) is 0.387. The lowest BCUT2D eigenvalue weighted by molar-refractivity contribution is -0.130. The highest BCUT2D eigenvalue weighted by molar-refractivity contribution is 7.80. The van der Waals surface area contributed by atoms with Gasteiger partial charge < -0.3 is 10.6 Å². The van der Waals surface area contributed by atoms with Crippen LogP contribution in [0.3, 0.4) is 0 Å². The number of amides is 2. The van der Waals surface area contributed by atoms with Crippen LogP contribution < -0.4 is 10.6 Å². The van der Waals surface area contributed by atoms with Crippen LogP contribution in [-0.4, -0.2) is 23.6 Å². The minimum Gasteiger partial charge on any atom is -0.350 e. The van der Waals surface area contributed by atoms with Gasteiger partial charge in [0.15, 0.2) is 0 Å². The molecule has 2 amide bonds. The average molecular weight is 447 g/mol. The predicted octanol–water partition coefficient (Wildman–Crippen LogP) is 4.21. The minimum absolute atomic E-state index is 0.133. The SMILES string of the molecule is O=C(N[C@@H](Cc1ccccc1)C(=O)NCc1ccccc1)C(CS)CCc1ccccc1. The van der Waals surface area contributed by atoms with Gasteiger partial charge in [-0.15, -0.1) is 0 Å². The molecule has 0 aliphatic heterocycles. The predicted molar refractivity (Wildman–Crippen MR) is 132 cm³/mol. The molecule has 0 bridgehead atoms. The normalized spacial score (nSPS) is 12.5. The molecule has 2 atom stereocenters. The first-order valence-electron chi connectivity index (χ1n) is 11.0. The van der Waals surface area contributed by atoms with Crippen molar-refractivity contribution in [3.8, 4) is 0 Å². The molecule has 3 aromatic rings. The molecule has 4 nitrogen and oxygen atoms in total. The Hall–Kier alpha value is -3.05. The van der Waals surface area contributed by atoms with Crippen LogP contribution in [-0.2, 0) is 29.0 Å². The summed E-state index contributed by atoms with van der Waals surface area (Å²) in [6.45, 7) is 0.421. The molecule has 166 valence electrons. The molecule has 0 radical (unpaired) electrons. The summed E-state index contributed by atoms with van der Waals surface area (Å²) in [5.41, 5.74) is 3.20. The summed E-state index contributed by atoms with van der Waals surface area (Å²) in [6, 6.07) is 28.9. The third kappa shape index (κ3) is 7.57. The van der Waals surface area contributed by atoms with Gasteiger partial charge in [0.2, 0.25) is 11.8 Å². The molecule has 1 unspecified atom stereocenters. The molecule has 0 saturated heterocycles. The van der Waals surface area contributed by atoms with E-state index < -0.39 is 6.04 Å².